The molecular weight excluding hydrogens is 412 g/mol. The zero-order valence-corrected chi connectivity index (χ0v) is 20.7. The largest absolute Gasteiger partial charge is 0.491 e. The normalized spacial score (nSPS) is 22.2. The highest BCUT2D eigenvalue weighted by Gasteiger charge is 2.44. The molecule has 1 spiro atoms. The molecule has 0 unspecified atom stereocenters. The zero-order valence-electron chi connectivity index (χ0n) is 20.7. The van der Waals surface area contributed by atoms with E-state index in [2.05, 4.69) is 26.0 Å². The maximum absolute atomic E-state index is 13.9. The number of carbonyl (C=O) groups is 2. The number of rotatable bonds is 4. The molecule has 2 amide bonds. The number of para-hydroxylation sites is 1. The second-order valence-electron chi connectivity index (χ2n) is 10.8. The Kier molecular flexibility index (Phi) is 7.98. The highest BCUT2D eigenvalue weighted by molar-refractivity contribution is 5.84. The predicted octanol–water partition coefficient (Wildman–Crippen LogP) is 5.22. The van der Waals surface area contributed by atoms with Crippen LogP contribution in [0.15, 0.2) is 24.3 Å². The molecule has 0 radical (unpaired) electrons. The Balaban J connectivity index is 1.43. The molecule has 1 saturated carbocycles. The first-order valence-electron chi connectivity index (χ1n) is 13.3. The second-order valence-corrected chi connectivity index (χ2v) is 10.8. The van der Waals surface area contributed by atoms with E-state index in [-0.39, 0.29) is 17.4 Å². The molecule has 3 aliphatic rings. The van der Waals surface area contributed by atoms with Crippen molar-refractivity contribution >= 4 is 11.8 Å². The maximum atomic E-state index is 13.9. The SMILES string of the molecule is CC(C)N1CCOc2ccccc2CCCCC2(CCN(C(=O)CCC3CCC3)CC2)C1=O. The minimum Gasteiger partial charge on any atom is -0.491 e. The Hall–Kier alpha value is -2.04. The van der Waals surface area contributed by atoms with Gasteiger partial charge in [0.15, 0.2) is 0 Å². The molecule has 0 atom stereocenters. The Bertz CT molecular complexity index is 809. The van der Waals surface area contributed by atoms with Crippen LogP contribution in [0.4, 0.5) is 0 Å². The Morgan fingerprint density at radius 3 is 2.52 bits per heavy atom. The summed E-state index contributed by atoms with van der Waals surface area (Å²) in [6.07, 6.45) is 11.2. The Labute approximate surface area is 199 Å². The van der Waals surface area contributed by atoms with Gasteiger partial charge in [-0.1, -0.05) is 43.9 Å². The molecular formula is C28H42N2O3. The number of hydrogen-bond acceptors (Lipinski definition) is 3. The van der Waals surface area contributed by atoms with Crippen molar-refractivity contribution in [2.75, 3.05) is 26.2 Å². The van der Waals surface area contributed by atoms with Crippen LogP contribution in [0.25, 0.3) is 0 Å². The quantitative estimate of drug-likeness (QED) is 0.627. The minimum atomic E-state index is -0.340. The van der Waals surface area contributed by atoms with Gasteiger partial charge in [-0.3, -0.25) is 9.59 Å². The lowest BCUT2D eigenvalue weighted by Gasteiger charge is -2.44. The predicted molar refractivity (Wildman–Crippen MR) is 131 cm³/mol. The van der Waals surface area contributed by atoms with E-state index >= 15 is 0 Å². The topological polar surface area (TPSA) is 49.9 Å². The number of aryl methyl sites for hydroxylation is 1. The number of nitrogens with zero attached hydrogens (tertiary/aromatic N) is 2. The van der Waals surface area contributed by atoms with E-state index in [1.165, 1.54) is 24.8 Å². The van der Waals surface area contributed by atoms with E-state index in [1.807, 2.05) is 21.9 Å². The number of fused-ring (bicyclic) bond motifs is 1. The molecule has 1 aromatic rings. The third-order valence-corrected chi connectivity index (χ3v) is 8.32. The van der Waals surface area contributed by atoms with Gasteiger partial charge in [0.2, 0.25) is 11.8 Å². The fourth-order valence-corrected chi connectivity index (χ4v) is 5.80. The summed E-state index contributed by atoms with van der Waals surface area (Å²) in [5, 5.41) is 0. The van der Waals surface area contributed by atoms with Gasteiger partial charge >= 0.3 is 0 Å². The van der Waals surface area contributed by atoms with Crippen LogP contribution < -0.4 is 4.74 Å². The van der Waals surface area contributed by atoms with Crippen molar-refractivity contribution in [2.24, 2.45) is 11.3 Å². The van der Waals surface area contributed by atoms with E-state index in [0.717, 1.165) is 69.7 Å². The lowest BCUT2D eigenvalue weighted by atomic mass is 9.72. The third kappa shape index (κ3) is 5.73. The van der Waals surface area contributed by atoms with Gasteiger partial charge < -0.3 is 14.5 Å². The van der Waals surface area contributed by atoms with E-state index < -0.39 is 0 Å². The lowest BCUT2D eigenvalue weighted by molar-refractivity contribution is -0.151. The summed E-state index contributed by atoms with van der Waals surface area (Å²) < 4.78 is 6.13. The van der Waals surface area contributed by atoms with Crippen molar-refractivity contribution in [2.45, 2.75) is 90.5 Å². The second kappa shape index (κ2) is 10.9. The number of likely N-dealkylation sites (tertiary alicyclic amines) is 1. The average molecular weight is 455 g/mol. The number of ether oxygens (including phenoxy) is 1. The van der Waals surface area contributed by atoms with Crippen LogP contribution in [0.2, 0.25) is 0 Å². The standard InChI is InChI=1S/C28H42N2O3/c1-22(2)30-20-21-33-25-12-4-3-10-24(25)11-5-6-15-28(27(30)32)16-18-29(19-17-28)26(31)14-13-23-8-7-9-23/h3-4,10,12,22-23H,5-9,11,13-21H2,1-2H3. The summed E-state index contributed by atoms with van der Waals surface area (Å²) in [6.45, 7) is 6.77. The molecule has 33 heavy (non-hydrogen) atoms. The molecule has 5 heteroatoms. The van der Waals surface area contributed by atoms with Crippen LogP contribution >= 0.6 is 0 Å². The molecule has 182 valence electrons. The maximum Gasteiger partial charge on any atom is 0.229 e. The molecule has 1 aromatic carbocycles. The zero-order chi connectivity index (χ0) is 23.3. The van der Waals surface area contributed by atoms with Gasteiger partial charge in [-0.05, 0) is 69.9 Å². The highest BCUT2D eigenvalue weighted by Crippen LogP contribution is 2.40. The van der Waals surface area contributed by atoms with Gasteiger partial charge in [0.1, 0.15) is 12.4 Å². The van der Waals surface area contributed by atoms with Crippen LogP contribution in [0.3, 0.4) is 0 Å². The van der Waals surface area contributed by atoms with Gasteiger partial charge in [0.25, 0.3) is 0 Å². The summed E-state index contributed by atoms with van der Waals surface area (Å²) in [6, 6.07) is 8.44. The lowest BCUT2D eigenvalue weighted by Crippen LogP contribution is -2.53. The van der Waals surface area contributed by atoms with Gasteiger partial charge in [-0.2, -0.15) is 0 Å². The number of hydrogen-bond donors (Lipinski definition) is 0. The molecule has 0 bridgehead atoms. The first-order valence-corrected chi connectivity index (χ1v) is 13.3. The van der Waals surface area contributed by atoms with Crippen LogP contribution in [0.5, 0.6) is 5.75 Å². The van der Waals surface area contributed by atoms with Gasteiger partial charge in [-0.15, -0.1) is 0 Å². The highest BCUT2D eigenvalue weighted by atomic mass is 16.5. The molecule has 4 rings (SSSR count). The fraction of sp³-hybridized carbons (Fsp3) is 0.714. The number of amides is 2. The van der Waals surface area contributed by atoms with Crippen molar-refractivity contribution in [3.63, 3.8) is 0 Å². The first-order chi connectivity index (χ1) is 16.0. The molecule has 2 heterocycles. The van der Waals surface area contributed by atoms with Crippen molar-refractivity contribution in [3.05, 3.63) is 29.8 Å². The van der Waals surface area contributed by atoms with Crippen LogP contribution in [-0.4, -0.2) is 53.9 Å². The number of benzene rings is 1. The Morgan fingerprint density at radius 1 is 1.06 bits per heavy atom. The van der Waals surface area contributed by atoms with Crippen LogP contribution in [-0.2, 0) is 16.0 Å². The third-order valence-electron chi connectivity index (χ3n) is 8.32. The van der Waals surface area contributed by atoms with Gasteiger partial charge in [0, 0.05) is 25.6 Å². The molecule has 2 fully saturated rings. The number of carbonyl (C=O) groups excluding carboxylic acids is 2. The van der Waals surface area contributed by atoms with Crippen LogP contribution in [0.1, 0.15) is 83.6 Å². The minimum absolute atomic E-state index is 0.137. The molecule has 5 nitrogen and oxygen atoms in total. The summed E-state index contributed by atoms with van der Waals surface area (Å²) in [5.74, 6) is 2.29. The van der Waals surface area contributed by atoms with E-state index in [1.54, 1.807) is 0 Å². The molecule has 0 N–H and O–H groups in total. The molecule has 2 aliphatic heterocycles. The van der Waals surface area contributed by atoms with Crippen molar-refractivity contribution in [1.82, 2.24) is 9.80 Å². The molecule has 1 aliphatic carbocycles. The summed E-state index contributed by atoms with van der Waals surface area (Å²) in [4.78, 5) is 30.8. The first kappa shape index (κ1) is 24.1. The van der Waals surface area contributed by atoms with E-state index in [0.29, 0.717) is 25.5 Å². The average Bonchev–Trinajstić information content (AvgIpc) is 2.78. The molecule has 1 saturated heterocycles. The van der Waals surface area contributed by atoms with Gasteiger partial charge in [-0.25, -0.2) is 0 Å². The molecule has 0 aromatic heterocycles. The van der Waals surface area contributed by atoms with Crippen molar-refractivity contribution < 1.29 is 14.3 Å². The van der Waals surface area contributed by atoms with Gasteiger partial charge in [0.05, 0.1) is 12.0 Å². The monoisotopic (exact) mass is 454 g/mol. The Morgan fingerprint density at radius 2 is 1.82 bits per heavy atom. The fourth-order valence-electron chi connectivity index (χ4n) is 5.80. The summed E-state index contributed by atoms with van der Waals surface area (Å²) in [7, 11) is 0. The van der Waals surface area contributed by atoms with Crippen molar-refractivity contribution in [1.29, 1.82) is 0 Å². The van der Waals surface area contributed by atoms with Crippen molar-refractivity contribution in [3.8, 4) is 5.75 Å². The van der Waals surface area contributed by atoms with E-state index in [4.69, 9.17) is 4.74 Å². The number of piperidine rings is 1. The summed E-state index contributed by atoms with van der Waals surface area (Å²) in [5.41, 5.74) is 0.926. The smallest absolute Gasteiger partial charge is 0.229 e. The summed E-state index contributed by atoms with van der Waals surface area (Å²) >= 11 is 0. The van der Waals surface area contributed by atoms with Crippen LogP contribution in [0, 0.1) is 11.3 Å². The van der Waals surface area contributed by atoms with E-state index in [9.17, 15) is 9.59 Å².